The van der Waals surface area contributed by atoms with Gasteiger partial charge in [0, 0.05) is 30.6 Å². The van der Waals surface area contributed by atoms with E-state index in [0.717, 1.165) is 38.0 Å². The molecule has 0 saturated heterocycles. The highest BCUT2D eigenvalue weighted by Crippen LogP contribution is 2.54. The number of nitrogens with one attached hydrogen (secondary N) is 1. The van der Waals surface area contributed by atoms with Crippen LogP contribution in [-0.2, 0) is 27.5 Å². The number of allylic oxidation sites excluding steroid dienone is 3. The molecule has 30 heavy (non-hydrogen) atoms. The van der Waals surface area contributed by atoms with Crippen LogP contribution in [0.1, 0.15) is 37.8 Å². The Kier molecular flexibility index (Phi) is 8.99. The highest BCUT2D eigenvalue weighted by atomic mass is 16.5. The fourth-order valence-corrected chi connectivity index (χ4v) is 3.35. The lowest BCUT2D eigenvalue weighted by atomic mass is 10.0. The van der Waals surface area contributed by atoms with E-state index in [-0.39, 0.29) is 11.3 Å². The molecular weight excluding hydrogens is 378 g/mol. The Morgan fingerprint density at radius 3 is 2.77 bits per heavy atom. The lowest BCUT2D eigenvalue weighted by molar-refractivity contribution is -0.109. The summed E-state index contributed by atoms with van der Waals surface area (Å²) in [5.74, 6) is 0.698. The zero-order chi connectivity index (χ0) is 22.0. The van der Waals surface area contributed by atoms with E-state index >= 15 is 0 Å². The van der Waals surface area contributed by atoms with Gasteiger partial charge in [0.25, 0.3) is 0 Å². The summed E-state index contributed by atoms with van der Waals surface area (Å²) in [4.78, 5) is 18.9. The lowest BCUT2D eigenvalue weighted by Crippen LogP contribution is -2.14. The van der Waals surface area contributed by atoms with Crippen molar-refractivity contribution in [2.24, 2.45) is 21.3 Å². The third-order valence-electron chi connectivity index (χ3n) is 5.48. The average Bonchev–Trinajstić information content (AvgIpc) is 3.25. The monoisotopic (exact) mass is 411 g/mol. The first kappa shape index (κ1) is 23.5. The van der Waals surface area contributed by atoms with E-state index in [2.05, 4.69) is 46.8 Å². The molecule has 2 aliphatic rings. The van der Waals surface area contributed by atoms with Gasteiger partial charge in [-0.2, -0.15) is 0 Å². The normalized spacial score (nSPS) is 22.3. The summed E-state index contributed by atoms with van der Waals surface area (Å²) in [7, 11) is 1.93. The van der Waals surface area contributed by atoms with E-state index in [0.29, 0.717) is 24.6 Å². The molecule has 1 aromatic carbocycles. The van der Waals surface area contributed by atoms with Gasteiger partial charge in [-0.15, -0.1) is 6.58 Å². The van der Waals surface area contributed by atoms with E-state index < -0.39 is 0 Å². The summed E-state index contributed by atoms with van der Waals surface area (Å²) >= 11 is 0. The van der Waals surface area contributed by atoms with Crippen molar-refractivity contribution < 1.29 is 14.3 Å². The summed E-state index contributed by atoms with van der Waals surface area (Å²) in [5, 5.41) is 3.10. The number of fused-ring (bicyclic) bond motifs is 1. The third-order valence-corrected chi connectivity index (χ3v) is 5.48. The fraction of sp³-hybridized carbons (Fsp3) is 0.458. The molecule has 0 bridgehead atoms. The number of aldehydes is 1. The molecule has 1 N–H and O–H groups in total. The van der Waals surface area contributed by atoms with Crippen molar-refractivity contribution in [1.29, 1.82) is 0 Å². The first-order valence-electron chi connectivity index (χ1n) is 10.3. The highest BCUT2D eigenvalue weighted by molar-refractivity contribution is 5.77. The average molecular weight is 412 g/mol. The molecule has 1 aliphatic heterocycles. The Morgan fingerprint density at radius 2 is 2.17 bits per heavy atom. The van der Waals surface area contributed by atoms with Crippen molar-refractivity contribution in [2.45, 2.75) is 39.9 Å². The quantitative estimate of drug-likeness (QED) is 0.265. The maximum atomic E-state index is 10.9. The summed E-state index contributed by atoms with van der Waals surface area (Å²) in [6.45, 7) is 13.7. The number of hydrogen-bond donors (Lipinski definition) is 1. The van der Waals surface area contributed by atoms with E-state index in [9.17, 15) is 4.79 Å². The topological polar surface area (TPSA) is 72.3 Å². The first-order valence-corrected chi connectivity index (χ1v) is 10.3. The molecule has 162 valence electrons. The lowest BCUT2D eigenvalue weighted by Gasteiger charge is -2.16. The second-order valence-corrected chi connectivity index (χ2v) is 7.55. The number of aliphatic imine (C=N–C) groups is 2. The molecule has 1 saturated carbocycles. The minimum absolute atomic E-state index is 0.0758. The zero-order valence-corrected chi connectivity index (χ0v) is 18.3. The van der Waals surface area contributed by atoms with Crippen molar-refractivity contribution in [3.8, 4) is 0 Å². The second-order valence-electron chi connectivity index (χ2n) is 7.55. The summed E-state index contributed by atoms with van der Waals surface area (Å²) in [6.07, 6.45) is 6.17. The standard InChI is InChI=1S/C15H22N2O2.C9H11NO/c1-5-7-15(8-13(15)10-18)11-19-14(9-17-6-2)12(3)16-4;1-10-9-3-2-7-5-11-6-8(7)4-9/h5,9-10,13H,1,4,6-8,11H2,2-3H3;2-4,10H,5-6H2,1H3/b14-12+,17-9?;/t13-,15+;/m0./s1. The molecule has 0 radical (unpaired) electrons. The molecule has 1 fully saturated rings. The molecule has 6 heteroatoms. The van der Waals surface area contributed by atoms with Gasteiger partial charge < -0.3 is 19.6 Å². The van der Waals surface area contributed by atoms with Crippen molar-refractivity contribution in [2.75, 3.05) is 25.5 Å². The minimum Gasteiger partial charge on any atom is -0.489 e. The Balaban J connectivity index is 0.000000244. The van der Waals surface area contributed by atoms with Crippen LogP contribution in [0.4, 0.5) is 5.69 Å². The van der Waals surface area contributed by atoms with Gasteiger partial charge in [-0.3, -0.25) is 9.98 Å². The predicted molar refractivity (Wildman–Crippen MR) is 123 cm³/mol. The molecule has 1 aromatic rings. The van der Waals surface area contributed by atoms with Crippen LogP contribution in [0.15, 0.2) is 52.3 Å². The highest BCUT2D eigenvalue weighted by Gasteiger charge is 2.53. The van der Waals surface area contributed by atoms with Crippen LogP contribution in [0, 0.1) is 11.3 Å². The summed E-state index contributed by atoms with van der Waals surface area (Å²) in [6, 6.07) is 6.34. The second kappa shape index (κ2) is 11.5. The fourth-order valence-electron chi connectivity index (χ4n) is 3.35. The van der Waals surface area contributed by atoms with Crippen LogP contribution in [0.2, 0.25) is 0 Å². The van der Waals surface area contributed by atoms with Crippen LogP contribution in [0.5, 0.6) is 0 Å². The first-order chi connectivity index (χ1) is 14.5. The smallest absolute Gasteiger partial charge is 0.158 e. The van der Waals surface area contributed by atoms with Crippen molar-refractivity contribution in [3.63, 3.8) is 0 Å². The number of carbonyl (C=O) groups excluding carboxylic acids is 1. The third kappa shape index (κ3) is 6.13. The van der Waals surface area contributed by atoms with Crippen LogP contribution >= 0.6 is 0 Å². The Hall–Kier alpha value is -2.73. The largest absolute Gasteiger partial charge is 0.489 e. The summed E-state index contributed by atoms with van der Waals surface area (Å²) in [5.41, 5.74) is 4.42. The van der Waals surface area contributed by atoms with Crippen molar-refractivity contribution in [3.05, 3.63) is 53.4 Å². The minimum atomic E-state index is -0.0870. The Morgan fingerprint density at radius 1 is 1.40 bits per heavy atom. The van der Waals surface area contributed by atoms with Gasteiger partial charge in [-0.05, 0) is 56.7 Å². The van der Waals surface area contributed by atoms with E-state index in [4.69, 9.17) is 9.47 Å². The maximum Gasteiger partial charge on any atom is 0.158 e. The van der Waals surface area contributed by atoms with Gasteiger partial charge in [0.1, 0.15) is 6.29 Å². The summed E-state index contributed by atoms with van der Waals surface area (Å²) < 4.78 is 11.1. The number of nitrogens with zero attached hydrogens (tertiary/aromatic N) is 2. The molecule has 2 atom stereocenters. The molecule has 1 aliphatic carbocycles. The molecule has 6 nitrogen and oxygen atoms in total. The van der Waals surface area contributed by atoms with Gasteiger partial charge in [0.2, 0.25) is 0 Å². The number of ether oxygens (including phenoxy) is 2. The molecule has 0 spiro atoms. The Labute approximate surface area is 179 Å². The van der Waals surface area contributed by atoms with Crippen LogP contribution in [-0.4, -0.2) is 39.4 Å². The molecule has 1 heterocycles. The van der Waals surface area contributed by atoms with Crippen LogP contribution in [0.3, 0.4) is 0 Å². The Bertz CT molecular complexity index is 816. The number of anilines is 1. The molecule has 0 unspecified atom stereocenters. The van der Waals surface area contributed by atoms with Gasteiger partial charge in [-0.25, -0.2) is 0 Å². The maximum absolute atomic E-state index is 10.9. The van der Waals surface area contributed by atoms with Crippen molar-refractivity contribution in [1.82, 2.24) is 0 Å². The van der Waals surface area contributed by atoms with E-state index in [1.807, 2.05) is 27.0 Å². The van der Waals surface area contributed by atoms with Crippen LogP contribution < -0.4 is 5.32 Å². The van der Waals surface area contributed by atoms with Crippen molar-refractivity contribution >= 4 is 24.9 Å². The SMILES string of the molecule is C=CC[C@]1(CO/C(C=NCC)=C(\C)N=C)C[C@H]1C=O.CNc1ccc2c(c1)COC2. The number of carbonyl (C=O) groups is 1. The number of benzene rings is 1. The predicted octanol–water partition coefficient (Wildman–Crippen LogP) is 4.57. The zero-order valence-electron chi connectivity index (χ0n) is 18.3. The molecule has 0 aromatic heterocycles. The molecular formula is C24H33N3O3. The number of rotatable bonds is 10. The molecule has 3 rings (SSSR count). The van der Waals surface area contributed by atoms with Gasteiger partial charge in [-0.1, -0.05) is 12.1 Å². The molecule has 0 amide bonds. The van der Waals surface area contributed by atoms with E-state index in [1.165, 1.54) is 11.1 Å². The van der Waals surface area contributed by atoms with E-state index in [1.54, 1.807) is 6.21 Å². The van der Waals surface area contributed by atoms with Gasteiger partial charge >= 0.3 is 0 Å². The van der Waals surface area contributed by atoms with Gasteiger partial charge in [0.15, 0.2) is 5.76 Å². The number of hydrogen-bond acceptors (Lipinski definition) is 6. The van der Waals surface area contributed by atoms with Crippen LogP contribution in [0.25, 0.3) is 0 Å². The van der Waals surface area contributed by atoms with Gasteiger partial charge in [0.05, 0.1) is 31.7 Å².